The monoisotopic (exact) mass is 490 g/mol. The summed E-state index contributed by atoms with van der Waals surface area (Å²) >= 11 is 0. The van der Waals surface area contributed by atoms with E-state index in [0.29, 0.717) is 22.7 Å². The lowest BCUT2D eigenvalue weighted by molar-refractivity contribution is 0.564. The smallest absolute Gasteiger partial charge is 0.240 e. The fraction of sp³-hybridized carbons (Fsp3) is 0. The number of aliphatic imine (C=N–C) groups is 4. The van der Waals surface area contributed by atoms with Crippen LogP contribution in [0.15, 0.2) is 117 Å². The van der Waals surface area contributed by atoms with Crippen LogP contribution in [0.25, 0.3) is 22.3 Å². The molecule has 0 aliphatic rings. The first-order valence-electron chi connectivity index (χ1n) is 10.4. The van der Waals surface area contributed by atoms with E-state index in [-0.39, 0.29) is 5.48 Å². The van der Waals surface area contributed by atoms with Crippen LogP contribution in [0.4, 0.5) is 22.7 Å². The van der Waals surface area contributed by atoms with Gasteiger partial charge in [-0.2, -0.15) is 20.0 Å². The highest BCUT2D eigenvalue weighted by Gasteiger charge is 1.99. The predicted octanol–water partition coefficient (Wildman–Crippen LogP) is 5.75. The summed E-state index contributed by atoms with van der Waals surface area (Å²) in [6, 6.07) is 28.7. The summed E-state index contributed by atoms with van der Waals surface area (Å²) in [5, 5.41) is 0. The summed E-state index contributed by atoms with van der Waals surface area (Å²) in [5.74, 6) is 0. The van der Waals surface area contributed by atoms with E-state index < -0.39 is 0 Å². The second kappa shape index (κ2) is 14.6. The first-order valence-corrected chi connectivity index (χ1v) is 10.4. The molecule has 0 bridgehead atoms. The van der Waals surface area contributed by atoms with Crippen LogP contribution in [0.2, 0.25) is 0 Å². The minimum absolute atomic E-state index is 0. The minimum Gasteiger partial charge on any atom is -0.412 e. The van der Waals surface area contributed by atoms with Crippen molar-refractivity contribution in [2.24, 2.45) is 20.0 Å². The van der Waals surface area contributed by atoms with Gasteiger partial charge in [-0.1, -0.05) is 48.5 Å². The molecule has 0 heterocycles. The summed E-state index contributed by atoms with van der Waals surface area (Å²) in [5.41, 5.74) is 6.21. The molecule has 0 amide bonds. The summed E-state index contributed by atoms with van der Waals surface area (Å²) in [7, 11) is 0. The first-order chi connectivity index (χ1) is 17.7. The molecule has 0 aromatic heterocycles. The van der Waals surface area contributed by atoms with Crippen molar-refractivity contribution in [3.63, 3.8) is 0 Å². The van der Waals surface area contributed by atoms with Gasteiger partial charge in [-0.05, 0) is 70.8 Å². The van der Waals surface area contributed by atoms with E-state index in [0.717, 1.165) is 22.3 Å². The fourth-order valence-corrected chi connectivity index (χ4v) is 3.12. The molecule has 0 atom stereocenters. The van der Waals surface area contributed by atoms with Gasteiger partial charge in [-0.15, -0.1) is 0 Å². The van der Waals surface area contributed by atoms with E-state index in [4.69, 9.17) is 0 Å². The van der Waals surface area contributed by atoms with E-state index in [1.54, 1.807) is 48.5 Å². The Bertz CT molecular complexity index is 1270. The number of nitrogens with zero attached hydrogens (tertiary/aromatic N) is 4. The van der Waals surface area contributed by atoms with Crippen molar-refractivity contribution in [3.05, 3.63) is 97.1 Å². The fourth-order valence-electron chi connectivity index (χ4n) is 3.12. The number of carbonyl (C=O) groups excluding carboxylic acids is 4. The Morgan fingerprint density at radius 2 is 0.486 bits per heavy atom. The Morgan fingerprint density at radius 1 is 0.324 bits per heavy atom. The number of isocyanates is 4. The highest BCUT2D eigenvalue weighted by Crippen LogP contribution is 2.25. The molecule has 4 aromatic rings. The molecule has 0 aliphatic heterocycles. The van der Waals surface area contributed by atoms with Crippen LogP contribution >= 0.6 is 0 Å². The average Bonchev–Trinajstić information content (AvgIpc) is 2.92. The molecule has 4 rings (SSSR count). The Balaban J connectivity index is 0.000000253. The highest BCUT2D eigenvalue weighted by atomic mass is 16.1. The summed E-state index contributed by atoms with van der Waals surface area (Å²) < 4.78 is 0. The Labute approximate surface area is 211 Å². The lowest BCUT2D eigenvalue weighted by Crippen LogP contribution is -1.76. The van der Waals surface area contributed by atoms with E-state index in [1.807, 2.05) is 48.5 Å². The number of hydrogen-bond donors (Lipinski definition) is 0. The van der Waals surface area contributed by atoms with Gasteiger partial charge in [0.1, 0.15) is 0 Å². The maximum Gasteiger partial charge on any atom is 0.240 e. The van der Waals surface area contributed by atoms with Crippen molar-refractivity contribution in [1.82, 2.24) is 0 Å². The second-order valence-corrected chi connectivity index (χ2v) is 7.00. The maximum atomic E-state index is 10.1. The quantitative estimate of drug-likeness (QED) is 0.250. The molecule has 0 saturated heterocycles. The van der Waals surface area contributed by atoms with Crippen molar-refractivity contribution in [2.45, 2.75) is 0 Å². The number of hydrogen-bond acceptors (Lipinski definition) is 8. The van der Waals surface area contributed by atoms with Crippen LogP contribution < -0.4 is 0 Å². The summed E-state index contributed by atoms with van der Waals surface area (Å²) in [4.78, 5) is 54.4. The molecule has 4 aromatic carbocycles. The van der Waals surface area contributed by atoms with Crippen LogP contribution in [0, 0.1) is 0 Å². The van der Waals surface area contributed by atoms with Crippen molar-refractivity contribution in [3.8, 4) is 22.3 Å². The number of benzene rings is 4. The van der Waals surface area contributed by atoms with Gasteiger partial charge in [0, 0.05) is 0 Å². The van der Waals surface area contributed by atoms with Crippen LogP contribution in [-0.2, 0) is 19.2 Å². The third-order valence-corrected chi connectivity index (χ3v) is 4.83. The normalized spacial score (nSPS) is 8.86. The predicted molar refractivity (Wildman–Crippen MR) is 138 cm³/mol. The van der Waals surface area contributed by atoms with Gasteiger partial charge < -0.3 is 5.48 Å². The molecule has 0 saturated carbocycles. The van der Waals surface area contributed by atoms with Gasteiger partial charge in [0.25, 0.3) is 0 Å². The van der Waals surface area contributed by atoms with E-state index in [2.05, 4.69) is 20.0 Å². The molecule has 0 radical (unpaired) electrons. The summed E-state index contributed by atoms with van der Waals surface area (Å²) in [6.07, 6.45) is 5.96. The van der Waals surface area contributed by atoms with Gasteiger partial charge in [-0.25, -0.2) is 19.2 Å². The van der Waals surface area contributed by atoms with Crippen LogP contribution in [0.5, 0.6) is 0 Å². The zero-order valence-electron chi connectivity index (χ0n) is 19.2. The minimum atomic E-state index is 0. The van der Waals surface area contributed by atoms with E-state index in [9.17, 15) is 19.2 Å². The molecule has 0 unspecified atom stereocenters. The van der Waals surface area contributed by atoms with Crippen molar-refractivity contribution < 1.29 is 24.7 Å². The third-order valence-electron chi connectivity index (χ3n) is 4.83. The van der Waals surface area contributed by atoms with Crippen LogP contribution in [0.3, 0.4) is 0 Å². The molecule has 2 N–H and O–H groups in total. The largest absolute Gasteiger partial charge is 0.412 e. The SMILES string of the molecule is O.O=C=Nc1ccc(-c2ccc(N=C=O)cc2)cc1.O=C=Nc1ccc(-c2ccc(N=C=O)cc2)cc1. The average molecular weight is 490 g/mol. The molecular formula is C28H18N4O5. The summed E-state index contributed by atoms with van der Waals surface area (Å²) in [6.45, 7) is 0. The molecule has 0 spiro atoms. The van der Waals surface area contributed by atoms with Crippen molar-refractivity contribution in [1.29, 1.82) is 0 Å². The maximum absolute atomic E-state index is 10.1. The third kappa shape index (κ3) is 8.26. The van der Waals surface area contributed by atoms with Gasteiger partial charge in [0.2, 0.25) is 24.3 Å². The molecule has 9 heteroatoms. The lowest BCUT2D eigenvalue weighted by Gasteiger charge is -2.01. The standard InChI is InChI=1S/2C14H8N2O2.H2O/c2*17-9-15-13-5-1-11(2-6-13)12-3-7-14(8-4-12)16-10-18;/h2*1-8H;1H2. The second-order valence-electron chi connectivity index (χ2n) is 7.00. The molecule has 37 heavy (non-hydrogen) atoms. The molecule has 0 fully saturated rings. The van der Waals surface area contributed by atoms with Gasteiger partial charge in [-0.3, -0.25) is 0 Å². The van der Waals surface area contributed by atoms with Crippen LogP contribution in [0.1, 0.15) is 0 Å². The van der Waals surface area contributed by atoms with Crippen molar-refractivity contribution >= 4 is 47.1 Å². The highest BCUT2D eigenvalue weighted by molar-refractivity contribution is 5.69. The topological polar surface area (TPSA) is 149 Å². The zero-order chi connectivity index (χ0) is 25.6. The van der Waals surface area contributed by atoms with E-state index in [1.165, 1.54) is 24.3 Å². The lowest BCUT2D eigenvalue weighted by atomic mass is 10.1. The Kier molecular flexibility index (Phi) is 10.9. The first kappa shape index (κ1) is 27.6. The number of rotatable bonds is 6. The Hall–Kier alpha value is -5.64. The van der Waals surface area contributed by atoms with Gasteiger partial charge in [0.05, 0.1) is 22.7 Å². The molecule has 9 nitrogen and oxygen atoms in total. The molecule has 180 valence electrons. The van der Waals surface area contributed by atoms with Gasteiger partial charge in [0.15, 0.2) is 0 Å². The Morgan fingerprint density at radius 3 is 0.622 bits per heavy atom. The van der Waals surface area contributed by atoms with Crippen LogP contribution in [-0.4, -0.2) is 29.8 Å². The molecule has 0 aliphatic carbocycles. The van der Waals surface area contributed by atoms with Crippen molar-refractivity contribution in [2.75, 3.05) is 0 Å². The zero-order valence-corrected chi connectivity index (χ0v) is 19.2. The molecular weight excluding hydrogens is 472 g/mol. The van der Waals surface area contributed by atoms with E-state index >= 15 is 0 Å². The van der Waals surface area contributed by atoms with Gasteiger partial charge >= 0.3 is 0 Å².